The maximum atomic E-state index is 14.0. The van der Waals surface area contributed by atoms with Gasteiger partial charge in [-0.2, -0.15) is 0 Å². The molecule has 5 heteroatoms. The van der Waals surface area contributed by atoms with Crippen molar-refractivity contribution < 1.29 is 13.9 Å². The monoisotopic (exact) mass is 343 g/mol. The highest BCUT2D eigenvalue weighted by molar-refractivity contribution is 9.10. The summed E-state index contributed by atoms with van der Waals surface area (Å²) in [5.41, 5.74) is -0.0897. The van der Waals surface area contributed by atoms with Gasteiger partial charge in [-0.3, -0.25) is 4.79 Å². The van der Waals surface area contributed by atoms with Crippen molar-refractivity contribution in [3.05, 3.63) is 34.1 Å². The fourth-order valence-electron chi connectivity index (χ4n) is 2.68. The lowest BCUT2D eigenvalue weighted by Gasteiger charge is -2.35. The number of piperidine rings is 1. The van der Waals surface area contributed by atoms with Crippen LogP contribution in [0.2, 0.25) is 0 Å². The van der Waals surface area contributed by atoms with Crippen molar-refractivity contribution in [1.29, 1.82) is 0 Å². The molecule has 1 atom stereocenters. The predicted octanol–water partition coefficient (Wildman–Crippen LogP) is 3.06. The fourth-order valence-corrected chi connectivity index (χ4v) is 3.01. The van der Waals surface area contributed by atoms with Crippen molar-refractivity contribution in [2.45, 2.75) is 26.2 Å². The van der Waals surface area contributed by atoms with E-state index >= 15 is 0 Å². The van der Waals surface area contributed by atoms with E-state index in [0.717, 1.165) is 19.4 Å². The third kappa shape index (κ3) is 3.38. The van der Waals surface area contributed by atoms with Crippen LogP contribution >= 0.6 is 15.9 Å². The predicted molar refractivity (Wildman–Crippen MR) is 79.0 cm³/mol. The Morgan fingerprint density at radius 2 is 2.35 bits per heavy atom. The highest BCUT2D eigenvalue weighted by Crippen LogP contribution is 2.33. The smallest absolute Gasteiger partial charge is 0.313 e. The van der Waals surface area contributed by atoms with Gasteiger partial charge in [0, 0.05) is 11.0 Å². The molecule has 1 fully saturated rings. The molecule has 1 unspecified atom stereocenters. The number of hydrogen-bond acceptors (Lipinski definition) is 3. The van der Waals surface area contributed by atoms with Gasteiger partial charge < -0.3 is 10.1 Å². The molecule has 1 heterocycles. The molecule has 0 spiro atoms. The van der Waals surface area contributed by atoms with Crippen LogP contribution in [0.25, 0.3) is 0 Å². The molecule has 1 aliphatic rings. The molecule has 0 aliphatic carbocycles. The first-order valence-electron chi connectivity index (χ1n) is 6.89. The van der Waals surface area contributed by atoms with Crippen LogP contribution in [0.3, 0.4) is 0 Å². The summed E-state index contributed by atoms with van der Waals surface area (Å²) in [5.74, 6) is -0.511. The molecule has 20 heavy (non-hydrogen) atoms. The largest absolute Gasteiger partial charge is 0.466 e. The van der Waals surface area contributed by atoms with Gasteiger partial charge in [-0.1, -0.05) is 22.0 Å². The lowest BCUT2D eigenvalue weighted by molar-refractivity contribution is -0.156. The number of ether oxygens (including phenoxy) is 1. The maximum Gasteiger partial charge on any atom is 0.313 e. The van der Waals surface area contributed by atoms with E-state index in [2.05, 4.69) is 21.2 Å². The zero-order chi connectivity index (χ0) is 14.6. The number of esters is 1. The average molecular weight is 344 g/mol. The van der Waals surface area contributed by atoms with Crippen molar-refractivity contribution in [3.8, 4) is 0 Å². The first-order valence-corrected chi connectivity index (χ1v) is 7.68. The Hall–Kier alpha value is -0.940. The standard InChI is InChI=1S/C15H19BrFNO2/c1-2-20-14(19)15(6-3-7-18-10-15)9-11-4-5-12(16)8-13(11)17/h4-5,8,18H,2-3,6-7,9-10H2,1H3. The Kier molecular flexibility index (Phi) is 5.16. The van der Waals surface area contributed by atoms with Gasteiger partial charge in [0.1, 0.15) is 5.82 Å². The maximum absolute atomic E-state index is 14.0. The van der Waals surface area contributed by atoms with Crippen molar-refractivity contribution in [2.24, 2.45) is 5.41 Å². The van der Waals surface area contributed by atoms with Crippen LogP contribution in [0.1, 0.15) is 25.3 Å². The zero-order valence-corrected chi connectivity index (χ0v) is 13.1. The zero-order valence-electron chi connectivity index (χ0n) is 11.5. The summed E-state index contributed by atoms with van der Waals surface area (Å²) in [7, 11) is 0. The van der Waals surface area contributed by atoms with Crippen LogP contribution in [0.4, 0.5) is 4.39 Å². The molecule has 1 aromatic carbocycles. The second kappa shape index (κ2) is 6.68. The number of rotatable bonds is 4. The van der Waals surface area contributed by atoms with Crippen LogP contribution in [0.5, 0.6) is 0 Å². The summed E-state index contributed by atoms with van der Waals surface area (Å²) in [6, 6.07) is 4.97. The molecule has 3 nitrogen and oxygen atoms in total. The Balaban J connectivity index is 2.25. The molecule has 1 saturated heterocycles. The average Bonchev–Trinajstić information content (AvgIpc) is 2.43. The summed E-state index contributed by atoms with van der Waals surface area (Å²) < 4.78 is 19.9. The molecule has 0 radical (unpaired) electrons. The first-order chi connectivity index (χ1) is 9.57. The minimum absolute atomic E-state index is 0.227. The first kappa shape index (κ1) is 15.4. The van der Waals surface area contributed by atoms with E-state index in [1.54, 1.807) is 19.1 Å². The SMILES string of the molecule is CCOC(=O)C1(Cc2ccc(Br)cc2F)CCCNC1. The van der Waals surface area contributed by atoms with Crippen molar-refractivity contribution >= 4 is 21.9 Å². The molecular formula is C15H19BrFNO2. The minimum atomic E-state index is -0.650. The van der Waals surface area contributed by atoms with E-state index in [0.29, 0.717) is 29.6 Å². The van der Waals surface area contributed by atoms with Gasteiger partial charge in [-0.15, -0.1) is 0 Å². The van der Waals surface area contributed by atoms with Crippen LogP contribution in [0.15, 0.2) is 22.7 Å². The molecule has 0 saturated carbocycles. The van der Waals surface area contributed by atoms with Crippen molar-refractivity contribution in [2.75, 3.05) is 19.7 Å². The third-order valence-corrected chi connectivity index (χ3v) is 4.22. The number of halogens is 2. The van der Waals surface area contributed by atoms with E-state index in [1.165, 1.54) is 6.07 Å². The van der Waals surface area contributed by atoms with Crippen LogP contribution in [-0.2, 0) is 16.0 Å². The van der Waals surface area contributed by atoms with E-state index in [4.69, 9.17) is 4.74 Å². The van der Waals surface area contributed by atoms with Gasteiger partial charge >= 0.3 is 5.97 Å². The van der Waals surface area contributed by atoms with E-state index in [1.807, 2.05) is 0 Å². The molecule has 1 aliphatic heterocycles. The number of carbonyl (C=O) groups excluding carboxylic acids is 1. The summed E-state index contributed by atoms with van der Waals surface area (Å²) >= 11 is 3.24. The normalized spacial score (nSPS) is 22.6. The summed E-state index contributed by atoms with van der Waals surface area (Å²) in [6.45, 7) is 3.58. The van der Waals surface area contributed by atoms with E-state index < -0.39 is 5.41 Å². The molecule has 0 bridgehead atoms. The topological polar surface area (TPSA) is 38.3 Å². The van der Waals surface area contributed by atoms with Crippen molar-refractivity contribution in [3.63, 3.8) is 0 Å². The Labute approximate surface area is 127 Å². The van der Waals surface area contributed by atoms with Gasteiger partial charge in [0.2, 0.25) is 0 Å². The second-order valence-electron chi connectivity index (χ2n) is 5.19. The lowest BCUT2D eigenvalue weighted by Crippen LogP contribution is -2.48. The highest BCUT2D eigenvalue weighted by Gasteiger charge is 2.41. The van der Waals surface area contributed by atoms with Gasteiger partial charge in [-0.25, -0.2) is 4.39 Å². The van der Waals surface area contributed by atoms with Crippen LogP contribution in [0, 0.1) is 11.2 Å². The molecule has 1 aromatic rings. The minimum Gasteiger partial charge on any atom is -0.466 e. The van der Waals surface area contributed by atoms with Crippen LogP contribution < -0.4 is 5.32 Å². The molecular weight excluding hydrogens is 325 g/mol. The number of benzene rings is 1. The molecule has 2 rings (SSSR count). The molecule has 110 valence electrons. The van der Waals surface area contributed by atoms with Crippen molar-refractivity contribution in [1.82, 2.24) is 5.32 Å². The Morgan fingerprint density at radius 1 is 1.55 bits per heavy atom. The number of carbonyl (C=O) groups is 1. The highest BCUT2D eigenvalue weighted by atomic mass is 79.9. The molecule has 0 aromatic heterocycles. The summed E-state index contributed by atoms with van der Waals surface area (Å²) in [4.78, 5) is 12.3. The van der Waals surface area contributed by atoms with Gasteiger partial charge in [0.15, 0.2) is 0 Å². The summed E-state index contributed by atoms with van der Waals surface area (Å²) in [5, 5.41) is 3.23. The fraction of sp³-hybridized carbons (Fsp3) is 0.533. The second-order valence-corrected chi connectivity index (χ2v) is 6.11. The Morgan fingerprint density at radius 3 is 2.95 bits per heavy atom. The lowest BCUT2D eigenvalue weighted by atomic mass is 9.75. The number of hydrogen-bond donors (Lipinski definition) is 1. The van der Waals surface area contributed by atoms with Gasteiger partial charge in [0.05, 0.1) is 12.0 Å². The van der Waals surface area contributed by atoms with Gasteiger partial charge in [0.25, 0.3) is 0 Å². The molecule has 0 amide bonds. The number of nitrogens with one attached hydrogen (secondary N) is 1. The summed E-state index contributed by atoms with van der Waals surface area (Å²) in [6.07, 6.45) is 2.00. The Bertz CT molecular complexity index is 487. The third-order valence-electron chi connectivity index (χ3n) is 3.72. The van der Waals surface area contributed by atoms with Crippen LogP contribution in [-0.4, -0.2) is 25.7 Å². The van der Waals surface area contributed by atoms with E-state index in [-0.39, 0.29) is 11.8 Å². The molecule has 1 N–H and O–H groups in total. The van der Waals surface area contributed by atoms with E-state index in [9.17, 15) is 9.18 Å². The quantitative estimate of drug-likeness (QED) is 0.854. The van der Waals surface area contributed by atoms with Gasteiger partial charge in [-0.05, 0) is 50.4 Å².